The van der Waals surface area contributed by atoms with E-state index in [1.165, 1.54) is 11.8 Å². The van der Waals surface area contributed by atoms with Crippen molar-refractivity contribution in [2.75, 3.05) is 14.2 Å². The van der Waals surface area contributed by atoms with Crippen LogP contribution in [0.4, 0.5) is 0 Å². The Labute approximate surface area is 147 Å². The van der Waals surface area contributed by atoms with Crippen LogP contribution in [0.2, 0.25) is 0 Å². The fourth-order valence-electron chi connectivity index (χ4n) is 2.52. The predicted octanol–water partition coefficient (Wildman–Crippen LogP) is 3.95. The highest BCUT2D eigenvalue weighted by Gasteiger charge is 2.17. The second-order valence-electron chi connectivity index (χ2n) is 5.20. The molecule has 126 valence electrons. The van der Waals surface area contributed by atoms with Crippen LogP contribution in [0.1, 0.15) is 36.2 Å². The number of hydrogen-bond donors (Lipinski definition) is 0. The van der Waals surface area contributed by atoms with E-state index in [2.05, 4.69) is 16.3 Å². The summed E-state index contributed by atoms with van der Waals surface area (Å²) in [6, 6.07) is 6.12. The quantitative estimate of drug-likeness (QED) is 0.791. The molecule has 1 aromatic heterocycles. The van der Waals surface area contributed by atoms with Gasteiger partial charge in [-0.15, -0.1) is 5.10 Å². The van der Waals surface area contributed by atoms with Gasteiger partial charge in [-0.3, -0.25) is 0 Å². The Morgan fingerprint density at radius 1 is 1.08 bits per heavy atom. The third-order valence-corrected chi connectivity index (χ3v) is 4.95. The van der Waals surface area contributed by atoms with E-state index < -0.39 is 0 Å². The van der Waals surface area contributed by atoms with Crippen molar-refractivity contribution in [2.24, 2.45) is 0 Å². The lowest BCUT2D eigenvalue weighted by atomic mass is 10.1. The van der Waals surface area contributed by atoms with Crippen molar-refractivity contribution in [3.05, 3.63) is 34.5 Å². The number of nitrogens with zero attached hydrogens (tertiary/aromatic N) is 3. The first-order valence-electron chi connectivity index (χ1n) is 7.78. The van der Waals surface area contributed by atoms with Crippen molar-refractivity contribution >= 4 is 11.8 Å². The number of rotatable bonds is 6. The van der Waals surface area contributed by atoms with Gasteiger partial charge in [0.1, 0.15) is 11.1 Å². The van der Waals surface area contributed by atoms with E-state index in [1.54, 1.807) is 14.2 Å². The summed E-state index contributed by atoms with van der Waals surface area (Å²) in [5, 5.41) is 18.8. The molecule has 2 aromatic rings. The molecule has 1 heterocycles. The van der Waals surface area contributed by atoms with Gasteiger partial charge in [-0.2, -0.15) is 10.4 Å². The SMILES string of the molecule is CCc1nnc(Sc2cc(OC)c(OC)cc2C)c(C#N)c1CC. The number of ether oxygens (including phenoxy) is 2. The van der Waals surface area contributed by atoms with Gasteiger partial charge in [0.2, 0.25) is 0 Å². The number of benzene rings is 1. The predicted molar refractivity (Wildman–Crippen MR) is 93.9 cm³/mol. The summed E-state index contributed by atoms with van der Waals surface area (Å²) in [7, 11) is 3.22. The fraction of sp³-hybridized carbons (Fsp3) is 0.389. The maximum Gasteiger partial charge on any atom is 0.161 e. The van der Waals surface area contributed by atoms with E-state index in [0.29, 0.717) is 22.1 Å². The van der Waals surface area contributed by atoms with Crippen LogP contribution in [0.5, 0.6) is 11.5 Å². The average molecular weight is 343 g/mol. The zero-order chi connectivity index (χ0) is 17.7. The molecule has 0 spiro atoms. The van der Waals surface area contributed by atoms with E-state index in [4.69, 9.17) is 9.47 Å². The Hall–Kier alpha value is -2.26. The van der Waals surface area contributed by atoms with Crippen molar-refractivity contribution in [3.8, 4) is 17.6 Å². The molecule has 0 saturated carbocycles. The van der Waals surface area contributed by atoms with E-state index in [1.807, 2.05) is 32.9 Å². The lowest BCUT2D eigenvalue weighted by Crippen LogP contribution is -2.04. The Kier molecular flexibility index (Phi) is 6.04. The molecule has 2 rings (SSSR count). The molecule has 0 unspecified atom stereocenters. The second-order valence-corrected chi connectivity index (χ2v) is 6.23. The van der Waals surface area contributed by atoms with Crippen LogP contribution in [-0.4, -0.2) is 24.4 Å². The van der Waals surface area contributed by atoms with Crippen molar-refractivity contribution in [1.82, 2.24) is 10.2 Å². The summed E-state index contributed by atoms with van der Waals surface area (Å²) < 4.78 is 10.7. The normalized spacial score (nSPS) is 10.3. The number of methoxy groups -OCH3 is 2. The van der Waals surface area contributed by atoms with Crippen LogP contribution in [0.25, 0.3) is 0 Å². The van der Waals surface area contributed by atoms with E-state index in [0.717, 1.165) is 34.6 Å². The van der Waals surface area contributed by atoms with Gasteiger partial charge in [-0.1, -0.05) is 25.6 Å². The van der Waals surface area contributed by atoms with Crippen LogP contribution >= 0.6 is 11.8 Å². The first kappa shape index (κ1) is 18.1. The first-order valence-corrected chi connectivity index (χ1v) is 8.60. The third kappa shape index (κ3) is 3.46. The molecule has 0 saturated heterocycles. The fourth-order valence-corrected chi connectivity index (χ4v) is 3.46. The van der Waals surface area contributed by atoms with Crippen LogP contribution in [0, 0.1) is 18.3 Å². The molecule has 0 aliphatic rings. The maximum absolute atomic E-state index is 9.60. The monoisotopic (exact) mass is 343 g/mol. The largest absolute Gasteiger partial charge is 0.493 e. The Bertz CT molecular complexity index is 785. The number of nitriles is 1. The number of aromatic nitrogens is 2. The highest BCUT2D eigenvalue weighted by atomic mass is 32.2. The minimum Gasteiger partial charge on any atom is -0.493 e. The topological polar surface area (TPSA) is 68.0 Å². The van der Waals surface area contributed by atoms with Gasteiger partial charge < -0.3 is 9.47 Å². The summed E-state index contributed by atoms with van der Waals surface area (Å²) in [5.41, 5.74) is 3.52. The van der Waals surface area contributed by atoms with Crippen molar-refractivity contribution in [3.63, 3.8) is 0 Å². The number of aryl methyl sites for hydroxylation is 2. The Morgan fingerprint density at radius 3 is 2.29 bits per heavy atom. The molecular formula is C18H21N3O2S. The Balaban J connectivity index is 2.51. The highest BCUT2D eigenvalue weighted by molar-refractivity contribution is 7.99. The first-order chi connectivity index (χ1) is 11.6. The number of hydrogen-bond acceptors (Lipinski definition) is 6. The van der Waals surface area contributed by atoms with E-state index in [9.17, 15) is 5.26 Å². The molecule has 0 N–H and O–H groups in total. The molecule has 0 atom stereocenters. The molecule has 0 amide bonds. The molecule has 0 fully saturated rings. The van der Waals surface area contributed by atoms with Crippen LogP contribution in [0.3, 0.4) is 0 Å². The summed E-state index contributed by atoms with van der Waals surface area (Å²) in [4.78, 5) is 0.963. The molecule has 6 heteroatoms. The van der Waals surface area contributed by atoms with Crippen LogP contribution < -0.4 is 9.47 Å². The van der Waals surface area contributed by atoms with Crippen molar-refractivity contribution < 1.29 is 9.47 Å². The van der Waals surface area contributed by atoms with Crippen molar-refractivity contribution in [2.45, 2.75) is 43.5 Å². The van der Waals surface area contributed by atoms with E-state index >= 15 is 0 Å². The molecular weight excluding hydrogens is 322 g/mol. The molecule has 0 aliphatic carbocycles. The van der Waals surface area contributed by atoms with Gasteiger partial charge in [-0.05, 0) is 43.0 Å². The minimum absolute atomic E-state index is 0.614. The smallest absolute Gasteiger partial charge is 0.161 e. The standard InChI is InChI=1S/C18H21N3O2S/c1-6-12-13(10-19)18(21-20-14(12)7-2)24-17-9-16(23-5)15(22-4)8-11(17)3/h8-9H,6-7H2,1-5H3. The van der Waals surface area contributed by atoms with Gasteiger partial charge in [0.25, 0.3) is 0 Å². The van der Waals surface area contributed by atoms with Crippen LogP contribution in [-0.2, 0) is 12.8 Å². The van der Waals surface area contributed by atoms with Gasteiger partial charge in [0.15, 0.2) is 11.5 Å². The molecule has 0 bridgehead atoms. The molecule has 0 aliphatic heterocycles. The van der Waals surface area contributed by atoms with Crippen LogP contribution in [0.15, 0.2) is 22.1 Å². The summed E-state index contributed by atoms with van der Waals surface area (Å²) in [6.45, 7) is 6.05. The molecule has 0 radical (unpaired) electrons. The zero-order valence-electron chi connectivity index (χ0n) is 14.6. The van der Waals surface area contributed by atoms with Gasteiger partial charge in [-0.25, -0.2) is 0 Å². The average Bonchev–Trinajstić information content (AvgIpc) is 2.62. The third-order valence-electron chi connectivity index (χ3n) is 3.81. The summed E-state index contributed by atoms with van der Waals surface area (Å²) in [6.07, 6.45) is 1.53. The molecule has 1 aromatic carbocycles. The van der Waals surface area contributed by atoms with Gasteiger partial charge >= 0.3 is 0 Å². The van der Waals surface area contributed by atoms with Gasteiger partial charge in [0, 0.05) is 4.90 Å². The van der Waals surface area contributed by atoms with Gasteiger partial charge in [0.05, 0.1) is 25.5 Å². The second kappa shape index (κ2) is 8.02. The summed E-state index contributed by atoms with van der Waals surface area (Å²) >= 11 is 1.43. The summed E-state index contributed by atoms with van der Waals surface area (Å²) in [5.74, 6) is 1.33. The Morgan fingerprint density at radius 2 is 1.75 bits per heavy atom. The molecule has 24 heavy (non-hydrogen) atoms. The minimum atomic E-state index is 0.614. The van der Waals surface area contributed by atoms with Crippen molar-refractivity contribution in [1.29, 1.82) is 5.26 Å². The zero-order valence-corrected chi connectivity index (χ0v) is 15.5. The lowest BCUT2D eigenvalue weighted by Gasteiger charge is -2.14. The maximum atomic E-state index is 9.60. The molecule has 5 nitrogen and oxygen atoms in total. The van der Waals surface area contributed by atoms with E-state index in [-0.39, 0.29) is 0 Å². The highest BCUT2D eigenvalue weighted by Crippen LogP contribution is 2.38. The lowest BCUT2D eigenvalue weighted by molar-refractivity contribution is 0.353.